The van der Waals surface area contributed by atoms with Crippen molar-refractivity contribution in [2.45, 2.75) is 19.4 Å². The Morgan fingerprint density at radius 3 is 2.78 bits per heavy atom. The Morgan fingerprint density at radius 1 is 1.44 bits per heavy atom. The molecule has 1 aliphatic heterocycles. The highest BCUT2D eigenvalue weighted by Gasteiger charge is 2.21. The molecule has 0 amide bonds. The summed E-state index contributed by atoms with van der Waals surface area (Å²) in [6.07, 6.45) is 2.58. The lowest BCUT2D eigenvalue weighted by Gasteiger charge is -2.33. The number of thiazole rings is 1. The van der Waals surface area contributed by atoms with Crippen LogP contribution in [0.5, 0.6) is 0 Å². The molecule has 0 unspecified atom stereocenters. The van der Waals surface area contributed by atoms with Crippen molar-refractivity contribution in [3.8, 4) is 0 Å². The molecule has 4 nitrogen and oxygen atoms in total. The van der Waals surface area contributed by atoms with Gasteiger partial charge in [0.15, 0.2) is 5.13 Å². The molecule has 0 aromatic carbocycles. The number of nitrogens with one attached hydrogen (secondary N) is 1. The molecule has 0 spiro atoms. The van der Waals surface area contributed by atoms with Gasteiger partial charge in [-0.05, 0) is 39.9 Å². The molecule has 1 aliphatic rings. The minimum atomic E-state index is 0.855. The monoisotopic (exact) mass is 268 g/mol. The Balaban J connectivity index is 1.84. The van der Waals surface area contributed by atoms with Gasteiger partial charge in [-0.15, -0.1) is 11.3 Å². The van der Waals surface area contributed by atoms with Gasteiger partial charge in [-0.2, -0.15) is 0 Å². The van der Waals surface area contributed by atoms with Crippen LogP contribution in [0.1, 0.15) is 18.5 Å². The van der Waals surface area contributed by atoms with Gasteiger partial charge in [-0.25, -0.2) is 4.98 Å². The Kier molecular flexibility index (Phi) is 4.97. The predicted molar refractivity (Wildman–Crippen MR) is 78.4 cm³/mol. The molecule has 102 valence electrons. The molecule has 0 radical (unpaired) electrons. The highest BCUT2D eigenvalue weighted by atomic mass is 32.1. The SMILES string of the molecule is CNCc1csc(N2CCC(CN(C)C)CC2)n1. The van der Waals surface area contributed by atoms with E-state index in [1.807, 2.05) is 7.05 Å². The highest BCUT2D eigenvalue weighted by molar-refractivity contribution is 7.13. The van der Waals surface area contributed by atoms with Crippen molar-refractivity contribution in [2.75, 3.05) is 45.7 Å². The molecule has 0 aliphatic carbocycles. The van der Waals surface area contributed by atoms with E-state index in [9.17, 15) is 0 Å². The first-order valence-electron chi connectivity index (χ1n) is 6.67. The summed E-state index contributed by atoms with van der Waals surface area (Å²) in [4.78, 5) is 9.42. The van der Waals surface area contributed by atoms with E-state index < -0.39 is 0 Å². The van der Waals surface area contributed by atoms with Crippen molar-refractivity contribution in [3.63, 3.8) is 0 Å². The van der Waals surface area contributed by atoms with Crippen molar-refractivity contribution in [2.24, 2.45) is 5.92 Å². The standard InChI is InChI=1S/C13H24N4S/c1-14-8-12-10-18-13(15-12)17-6-4-11(5-7-17)9-16(2)3/h10-11,14H,4-9H2,1-3H3. The van der Waals surface area contributed by atoms with Crippen LogP contribution in [-0.2, 0) is 6.54 Å². The van der Waals surface area contributed by atoms with Gasteiger partial charge in [-0.1, -0.05) is 0 Å². The fourth-order valence-corrected chi connectivity index (χ4v) is 3.41. The highest BCUT2D eigenvalue weighted by Crippen LogP contribution is 2.26. The lowest BCUT2D eigenvalue weighted by molar-refractivity contribution is 0.285. The van der Waals surface area contributed by atoms with E-state index in [-0.39, 0.29) is 0 Å². The second-order valence-electron chi connectivity index (χ2n) is 5.34. The van der Waals surface area contributed by atoms with Crippen molar-refractivity contribution in [3.05, 3.63) is 11.1 Å². The molecule has 0 bridgehead atoms. The lowest BCUT2D eigenvalue weighted by Crippen LogP contribution is -2.37. The van der Waals surface area contributed by atoms with Gasteiger partial charge in [0, 0.05) is 31.6 Å². The Morgan fingerprint density at radius 2 is 2.17 bits per heavy atom. The molecular weight excluding hydrogens is 244 g/mol. The average molecular weight is 268 g/mol. The van der Waals surface area contributed by atoms with E-state index in [2.05, 4.69) is 39.6 Å². The van der Waals surface area contributed by atoms with Crippen LogP contribution in [0.2, 0.25) is 0 Å². The van der Waals surface area contributed by atoms with E-state index in [0.29, 0.717) is 0 Å². The molecule has 2 heterocycles. The van der Waals surface area contributed by atoms with Gasteiger partial charge < -0.3 is 15.1 Å². The normalized spacial score (nSPS) is 17.7. The van der Waals surface area contributed by atoms with E-state index in [4.69, 9.17) is 0 Å². The van der Waals surface area contributed by atoms with Crippen LogP contribution in [-0.4, -0.2) is 50.7 Å². The molecule has 0 atom stereocenters. The summed E-state index contributed by atoms with van der Waals surface area (Å²) in [5.41, 5.74) is 1.16. The molecular formula is C13H24N4S. The van der Waals surface area contributed by atoms with Crippen LogP contribution >= 0.6 is 11.3 Å². The van der Waals surface area contributed by atoms with Crippen LogP contribution < -0.4 is 10.2 Å². The molecule has 1 saturated heterocycles. The number of piperidine rings is 1. The maximum absolute atomic E-state index is 4.68. The van der Waals surface area contributed by atoms with Crippen molar-refractivity contribution < 1.29 is 0 Å². The molecule has 1 fully saturated rings. The minimum absolute atomic E-state index is 0.855. The summed E-state index contributed by atoms with van der Waals surface area (Å²) < 4.78 is 0. The summed E-state index contributed by atoms with van der Waals surface area (Å²) in [6.45, 7) is 4.40. The van der Waals surface area contributed by atoms with E-state index in [1.54, 1.807) is 11.3 Å². The summed E-state index contributed by atoms with van der Waals surface area (Å²) in [5, 5.41) is 6.51. The number of aromatic nitrogens is 1. The maximum atomic E-state index is 4.68. The average Bonchev–Trinajstić information content (AvgIpc) is 2.78. The van der Waals surface area contributed by atoms with Crippen LogP contribution in [0.3, 0.4) is 0 Å². The van der Waals surface area contributed by atoms with Crippen molar-refractivity contribution in [1.82, 2.24) is 15.2 Å². The zero-order chi connectivity index (χ0) is 13.0. The summed E-state index contributed by atoms with van der Waals surface area (Å²) in [7, 11) is 6.29. The Labute approximate surface area is 114 Å². The first kappa shape index (κ1) is 13.8. The predicted octanol–water partition coefficient (Wildman–Crippen LogP) is 1.64. The molecule has 1 aromatic heterocycles. The van der Waals surface area contributed by atoms with Crippen LogP contribution in [0, 0.1) is 5.92 Å². The second-order valence-corrected chi connectivity index (χ2v) is 6.18. The number of hydrogen-bond acceptors (Lipinski definition) is 5. The van der Waals surface area contributed by atoms with Crippen molar-refractivity contribution in [1.29, 1.82) is 0 Å². The zero-order valence-electron chi connectivity index (χ0n) is 11.6. The lowest BCUT2D eigenvalue weighted by atomic mass is 9.97. The molecule has 1 aromatic rings. The smallest absolute Gasteiger partial charge is 0.185 e. The topological polar surface area (TPSA) is 31.4 Å². The van der Waals surface area contributed by atoms with Gasteiger partial charge in [0.2, 0.25) is 0 Å². The Bertz CT molecular complexity index is 356. The van der Waals surface area contributed by atoms with E-state index >= 15 is 0 Å². The van der Waals surface area contributed by atoms with Crippen LogP contribution in [0.25, 0.3) is 0 Å². The van der Waals surface area contributed by atoms with Crippen LogP contribution in [0.15, 0.2) is 5.38 Å². The number of rotatable bonds is 5. The van der Waals surface area contributed by atoms with Gasteiger partial charge >= 0.3 is 0 Å². The second kappa shape index (κ2) is 6.50. The zero-order valence-corrected chi connectivity index (χ0v) is 12.5. The number of anilines is 1. The van der Waals surface area contributed by atoms with Gasteiger partial charge in [0.1, 0.15) is 0 Å². The number of hydrogen-bond donors (Lipinski definition) is 1. The third kappa shape index (κ3) is 3.67. The minimum Gasteiger partial charge on any atom is -0.348 e. The van der Waals surface area contributed by atoms with Crippen molar-refractivity contribution >= 4 is 16.5 Å². The third-order valence-corrected chi connectivity index (χ3v) is 4.36. The fourth-order valence-electron chi connectivity index (χ4n) is 2.53. The molecule has 0 saturated carbocycles. The first-order chi connectivity index (χ1) is 8.69. The first-order valence-corrected chi connectivity index (χ1v) is 7.55. The number of nitrogens with zero attached hydrogens (tertiary/aromatic N) is 3. The fraction of sp³-hybridized carbons (Fsp3) is 0.769. The molecule has 1 N–H and O–H groups in total. The van der Waals surface area contributed by atoms with Gasteiger partial charge in [-0.3, -0.25) is 0 Å². The Hall–Kier alpha value is -0.650. The quantitative estimate of drug-likeness (QED) is 0.880. The molecule has 5 heteroatoms. The molecule has 18 heavy (non-hydrogen) atoms. The van der Waals surface area contributed by atoms with E-state index in [1.165, 1.54) is 24.5 Å². The third-order valence-electron chi connectivity index (χ3n) is 3.41. The maximum Gasteiger partial charge on any atom is 0.185 e. The summed E-state index contributed by atoms with van der Waals surface area (Å²) >= 11 is 1.78. The summed E-state index contributed by atoms with van der Waals surface area (Å²) in [5.74, 6) is 0.855. The molecule has 2 rings (SSSR count). The van der Waals surface area contributed by atoms with Gasteiger partial charge in [0.25, 0.3) is 0 Å². The van der Waals surface area contributed by atoms with Crippen LogP contribution in [0.4, 0.5) is 5.13 Å². The van der Waals surface area contributed by atoms with E-state index in [0.717, 1.165) is 31.2 Å². The summed E-state index contributed by atoms with van der Waals surface area (Å²) in [6, 6.07) is 0. The largest absolute Gasteiger partial charge is 0.348 e. The van der Waals surface area contributed by atoms with Gasteiger partial charge in [0.05, 0.1) is 5.69 Å².